The van der Waals surface area contributed by atoms with Gasteiger partial charge in [-0.05, 0) is 38.0 Å². The van der Waals surface area contributed by atoms with E-state index >= 15 is 0 Å². The fourth-order valence-electron chi connectivity index (χ4n) is 3.83. The predicted octanol–water partition coefficient (Wildman–Crippen LogP) is -2.67. The lowest BCUT2D eigenvalue weighted by molar-refractivity contribution is -0.145. The van der Waals surface area contributed by atoms with E-state index in [9.17, 15) is 29.1 Å². The SMILES string of the molecule is CC(C)CC(N)C(=O)NC(CC(N)=O)C(=O)N1CCCC1C(=O)NC(CCCN=C(N)N)C(=O)O. The van der Waals surface area contributed by atoms with Crippen molar-refractivity contribution >= 4 is 35.6 Å². The minimum Gasteiger partial charge on any atom is -0.480 e. The number of rotatable bonds is 14. The van der Waals surface area contributed by atoms with E-state index in [4.69, 9.17) is 22.9 Å². The van der Waals surface area contributed by atoms with Gasteiger partial charge in [0.15, 0.2) is 5.96 Å². The number of nitrogens with one attached hydrogen (secondary N) is 2. The number of aliphatic imine (C=N–C) groups is 1. The van der Waals surface area contributed by atoms with Gasteiger partial charge in [-0.25, -0.2) is 4.79 Å². The quantitative estimate of drug-likeness (QED) is 0.0748. The molecular formula is C21H38N8O6. The lowest BCUT2D eigenvalue weighted by Gasteiger charge is -2.29. The van der Waals surface area contributed by atoms with Crippen LogP contribution < -0.4 is 33.6 Å². The van der Waals surface area contributed by atoms with Crippen LogP contribution in [0.3, 0.4) is 0 Å². The van der Waals surface area contributed by atoms with E-state index in [1.54, 1.807) is 0 Å². The van der Waals surface area contributed by atoms with Crippen molar-refractivity contribution in [1.82, 2.24) is 15.5 Å². The van der Waals surface area contributed by atoms with Gasteiger partial charge in [-0.2, -0.15) is 0 Å². The molecule has 4 unspecified atom stereocenters. The monoisotopic (exact) mass is 498 g/mol. The molecule has 1 saturated heterocycles. The van der Waals surface area contributed by atoms with Crippen LogP contribution in [0.25, 0.3) is 0 Å². The number of carboxylic acid groups (broad SMARTS) is 1. The second-order valence-corrected chi connectivity index (χ2v) is 9.01. The van der Waals surface area contributed by atoms with Crippen LogP contribution in [-0.4, -0.2) is 82.8 Å². The summed E-state index contributed by atoms with van der Waals surface area (Å²) in [5, 5.41) is 14.4. The first-order valence-electron chi connectivity index (χ1n) is 11.6. The Labute approximate surface area is 204 Å². The first-order valence-corrected chi connectivity index (χ1v) is 11.6. The van der Waals surface area contributed by atoms with Gasteiger partial charge in [0.25, 0.3) is 0 Å². The number of carboxylic acids is 1. The molecule has 1 aliphatic rings. The Bertz CT molecular complexity index is 814. The van der Waals surface area contributed by atoms with Gasteiger partial charge >= 0.3 is 5.97 Å². The van der Waals surface area contributed by atoms with Crippen molar-refractivity contribution in [2.75, 3.05) is 13.1 Å². The third-order valence-corrected chi connectivity index (χ3v) is 5.48. The smallest absolute Gasteiger partial charge is 0.326 e. The van der Waals surface area contributed by atoms with Crippen LogP contribution in [0.1, 0.15) is 52.4 Å². The molecule has 35 heavy (non-hydrogen) atoms. The number of carbonyl (C=O) groups is 5. The van der Waals surface area contributed by atoms with Crippen molar-refractivity contribution in [3.05, 3.63) is 0 Å². The highest BCUT2D eigenvalue weighted by atomic mass is 16.4. The molecule has 0 aromatic carbocycles. The van der Waals surface area contributed by atoms with Gasteiger partial charge in [0, 0.05) is 13.1 Å². The van der Waals surface area contributed by atoms with Crippen molar-refractivity contribution in [2.24, 2.45) is 33.8 Å². The van der Waals surface area contributed by atoms with E-state index in [1.165, 1.54) is 4.90 Å². The highest BCUT2D eigenvalue weighted by Crippen LogP contribution is 2.20. The largest absolute Gasteiger partial charge is 0.480 e. The zero-order valence-corrected chi connectivity index (χ0v) is 20.2. The number of primary amides is 1. The molecule has 1 aliphatic heterocycles. The van der Waals surface area contributed by atoms with Crippen molar-refractivity contribution in [1.29, 1.82) is 0 Å². The van der Waals surface area contributed by atoms with Crippen LogP contribution in [-0.2, 0) is 24.0 Å². The van der Waals surface area contributed by atoms with Gasteiger partial charge in [0.05, 0.1) is 12.5 Å². The number of guanidine groups is 1. The van der Waals surface area contributed by atoms with Crippen molar-refractivity contribution in [3.63, 3.8) is 0 Å². The average Bonchev–Trinajstić information content (AvgIpc) is 3.23. The Kier molecular flexibility index (Phi) is 11.9. The first kappa shape index (κ1) is 29.6. The third-order valence-electron chi connectivity index (χ3n) is 5.48. The predicted molar refractivity (Wildman–Crippen MR) is 127 cm³/mol. The zero-order valence-electron chi connectivity index (χ0n) is 20.2. The summed E-state index contributed by atoms with van der Waals surface area (Å²) in [6, 6.07) is -4.34. The minimum atomic E-state index is -1.29. The maximum Gasteiger partial charge on any atom is 0.326 e. The molecule has 0 aromatic heterocycles. The Hall–Kier alpha value is -3.42. The van der Waals surface area contributed by atoms with Crippen molar-refractivity contribution in [3.8, 4) is 0 Å². The van der Waals surface area contributed by atoms with Gasteiger partial charge in [-0.1, -0.05) is 13.8 Å². The fourth-order valence-corrected chi connectivity index (χ4v) is 3.83. The normalized spacial score (nSPS) is 17.8. The van der Waals surface area contributed by atoms with E-state index < -0.39 is 60.2 Å². The molecule has 1 heterocycles. The summed E-state index contributed by atoms with van der Waals surface area (Å²) in [7, 11) is 0. The van der Waals surface area contributed by atoms with Gasteiger partial charge < -0.3 is 43.6 Å². The Morgan fingerprint density at radius 3 is 2.29 bits per heavy atom. The van der Waals surface area contributed by atoms with E-state index in [-0.39, 0.29) is 31.4 Å². The van der Waals surface area contributed by atoms with Crippen LogP contribution in [0.4, 0.5) is 0 Å². The molecular weight excluding hydrogens is 460 g/mol. The van der Waals surface area contributed by atoms with Crippen molar-refractivity contribution in [2.45, 2.75) is 76.5 Å². The van der Waals surface area contributed by atoms with E-state index in [2.05, 4.69) is 15.6 Å². The van der Waals surface area contributed by atoms with Crippen molar-refractivity contribution < 1.29 is 29.1 Å². The molecule has 14 heteroatoms. The molecule has 4 atom stereocenters. The topological polar surface area (TPSA) is 249 Å². The summed E-state index contributed by atoms with van der Waals surface area (Å²) in [5.41, 5.74) is 21.6. The maximum atomic E-state index is 13.2. The van der Waals surface area contributed by atoms with Gasteiger partial charge in [0.2, 0.25) is 23.6 Å². The Morgan fingerprint density at radius 1 is 1.09 bits per heavy atom. The number of nitrogens with two attached hydrogens (primary N) is 4. The van der Waals surface area contributed by atoms with Crippen LogP contribution in [0.15, 0.2) is 4.99 Å². The van der Waals surface area contributed by atoms with Crippen LogP contribution in [0.2, 0.25) is 0 Å². The molecule has 0 aliphatic carbocycles. The van der Waals surface area contributed by atoms with E-state index in [0.29, 0.717) is 25.7 Å². The number of carbonyl (C=O) groups excluding carboxylic acids is 4. The number of amides is 4. The number of hydrogen-bond donors (Lipinski definition) is 7. The highest BCUT2D eigenvalue weighted by Gasteiger charge is 2.39. The molecule has 0 bridgehead atoms. The fraction of sp³-hybridized carbons (Fsp3) is 0.714. The number of nitrogens with zero attached hydrogens (tertiary/aromatic N) is 2. The third kappa shape index (κ3) is 10.2. The van der Waals surface area contributed by atoms with Gasteiger partial charge in [-0.15, -0.1) is 0 Å². The number of hydrogen-bond acceptors (Lipinski definition) is 7. The highest BCUT2D eigenvalue weighted by molar-refractivity contribution is 5.96. The molecule has 11 N–H and O–H groups in total. The molecule has 198 valence electrons. The van der Waals surface area contributed by atoms with E-state index in [1.807, 2.05) is 13.8 Å². The summed E-state index contributed by atoms with van der Waals surface area (Å²) >= 11 is 0. The molecule has 0 spiro atoms. The van der Waals surface area contributed by atoms with Gasteiger partial charge in [-0.3, -0.25) is 24.2 Å². The molecule has 4 amide bonds. The molecule has 0 saturated carbocycles. The second kappa shape index (κ2) is 14.1. The molecule has 0 aromatic rings. The minimum absolute atomic E-state index is 0.0760. The maximum absolute atomic E-state index is 13.2. The Balaban J connectivity index is 2.90. The summed E-state index contributed by atoms with van der Waals surface area (Å²) in [4.78, 5) is 66.7. The summed E-state index contributed by atoms with van der Waals surface area (Å²) in [5.74, 6) is -3.95. The number of likely N-dealkylation sites (tertiary alicyclic amines) is 1. The van der Waals surface area contributed by atoms with Crippen LogP contribution in [0, 0.1) is 5.92 Å². The summed E-state index contributed by atoms with van der Waals surface area (Å²) in [6.07, 6.45) is 1.07. The van der Waals surface area contributed by atoms with Crippen LogP contribution >= 0.6 is 0 Å². The second-order valence-electron chi connectivity index (χ2n) is 9.01. The first-order chi connectivity index (χ1) is 16.3. The summed E-state index contributed by atoms with van der Waals surface area (Å²) < 4.78 is 0. The molecule has 1 fully saturated rings. The zero-order chi connectivity index (χ0) is 26.7. The standard InChI is InChI=1S/C21H38N8O6/c1-11(2)9-12(22)17(31)28-14(10-16(23)30)19(33)29-8-4-6-15(29)18(32)27-13(20(34)35)5-3-7-26-21(24)25/h11-15H,3-10,22H2,1-2H3,(H2,23,30)(H,27,32)(H,28,31)(H,34,35)(H4,24,25,26). The van der Waals surface area contributed by atoms with E-state index in [0.717, 1.165) is 0 Å². The Morgan fingerprint density at radius 2 is 1.74 bits per heavy atom. The van der Waals surface area contributed by atoms with Crippen LogP contribution in [0.5, 0.6) is 0 Å². The molecule has 14 nitrogen and oxygen atoms in total. The molecule has 1 rings (SSSR count). The lowest BCUT2D eigenvalue weighted by atomic mass is 10.0. The summed E-state index contributed by atoms with van der Waals surface area (Å²) in [6.45, 7) is 4.17. The van der Waals surface area contributed by atoms with Gasteiger partial charge in [0.1, 0.15) is 18.1 Å². The average molecular weight is 499 g/mol. The lowest BCUT2D eigenvalue weighted by Crippen LogP contribution is -2.57. The number of aliphatic carboxylic acids is 1. The molecule has 0 radical (unpaired) electrons.